The highest BCUT2D eigenvalue weighted by molar-refractivity contribution is 5.27. The molecule has 0 spiro atoms. The van der Waals surface area contributed by atoms with E-state index in [9.17, 15) is 0 Å². The summed E-state index contributed by atoms with van der Waals surface area (Å²) in [5, 5.41) is 0. The predicted octanol–water partition coefficient (Wildman–Crippen LogP) is 2.76. The maximum Gasteiger partial charge on any atom is 0.0160 e. The van der Waals surface area contributed by atoms with Crippen LogP contribution < -0.4 is 0 Å². The molecule has 0 amide bonds. The molecule has 0 saturated heterocycles. The molecule has 4 aliphatic carbocycles. The Labute approximate surface area is 87.9 Å². The first-order valence-corrected chi connectivity index (χ1v) is 6.52. The Morgan fingerprint density at radius 1 is 1.21 bits per heavy atom. The largest absolute Gasteiger partial charge is 0.300 e. The fourth-order valence-corrected chi connectivity index (χ4v) is 5.12. The second kappa shape index (κ2) is 2.75. The minimum atomic E-state index is 0.845. The standard InChI is InChI=1S/C13H23N/c1-4-13-8-9-7-10(13)11(13)12(9)14(5-2)6-3/h9-12H,4-8H2,1-3H3/t9-,10+,11+,12+,13+/m0/s1. The van der Waals surface area contributed by atoms with Gasteiger partial charge < -0.3 is 4.90 Å². The molecule has 4 rings (SSSR count). The normalized spacial score (nSPS) is 53.1. The van der Waals surface area contributed by atoms with E-state index in [1.807, 2.05) is 0 Å². The SMILES string of the molecule is CCN(CC)[C@@H]1[C@H]2C[C@@H]3[C@H]1[C@]3(CC)C2. The number of rotatable bonds is 4. The van der Waals surface area contributed by atoms with Crippen LogP contribution in [0.3, 0.4) is 0 Å². The van der Waals surface area contributed by atoms with E-state index in [0.29, 0.717) is 0 Å². The highest BCUT2D eigenvalue weighted by Crippen LogP contribution is 2.81. The number of hydrogen-bond acceptors (Lipinski definition) is 1. The maximum atomic E-state index is 2.74. The Morgan fingerprint density at radius 3 is 2.36 bits per heavy atom. The highest BCUT2D eigenvalue weighted by atomic mass is 15.2. The van der Waals surface area contributed by atoms with Gasteiger partial charge in [0.1, 0.15) is 0 Å². The van der Waals surface area contributed by atoms with E-state index in [-0.39, 0.29) is 0 Å². The van der Waals surface area contributed by atoms with Crippen molar-refractivity contribution in [3.05, 3.63) is 0 Å². The minimum Gasteiger partial charge on any atom is -0.300 e. The first-order chi connectivity index (χ1) is 6.78. The van der Waals surface area contributed by atoms with Gasteiger partial charge in [-0.15, -0.1) is 0 Å². The van der Waals surface area contributed by atoms with E-state index < -0.39 is 0 Å². The molecule has 14 heavy (non-hydrogen) atoms. The zero-order valence-electron chi connectivity index (χ0n) is 9.79. The third kappa shape index (κ3) is 0.816. The molecule has 0 N–H and O–H groups in total. The van der Waals surface area contributed by atoms with E-state index in [1.54, 1.807) is 12.8 Å². The molecule has 0 aromatic carbocycles. The summed E-state index contributed by atoms with van der Waals surface area (Å²) in [6.45, 7) is 9.60. The van der Waals surface area contributed by atoms with Gasteiger partial charge in [-0.3, -0.25) is 0 Å². The maximum absolute atomic E-state index is 2.74. The molecular formula is C13H23N. The van der Waals surface area contributed by atoms with Gasteiger partial charge in [-0.25, -0.2) is 0 Å². The molecule has 80 valence electrons. The first-order valence-electron chi connectivity index (χ1n) is 6.52. The van der Waals surface area contributed by atoms with Crippen LogP contribution in [0.1, 0.15) is 40.0 Å². The quantitative estimate of drug-likeness (QED) is 0.663. The molecule has 0 aromatic rings. The summed E-state index contributed by atoms with van der Waals surface area (Å²) in [5.74, 6) is 3.32. The average molecular weight is 193 g/mol. The van der Waals surface area contributed by atoms with Crippen LogP contribution in [0.2, 0.25) is 0 Å². The molecule has 0 unspecified atom stereocenters. The van der Waals surface area contributed by atoms with Crippen LogP contribution in [0.25, 0.3) is 0 Å². The van der Waals surface area contributed by atoms with Crippen molar-refractivity contribution in [3.63, 3.8) is 0 Å². The van der Waals surface area contributed by atoms with Crippen molar-refractivity contribution in [1.82, 2.24) is 4.90 Å². The Bertz CT molecular complexity index is 246. The van der Waals surface area contributed by atoms with Crippen LogP contribution >= 0.6 is 0 Å². The summed E-state index contributed by atoms with van der Waals surface area (Å²) in [6, 6.07) is 0.981. The van der Waals surface area contributed by atoms with E-state index in [2.05, 4.69) is 25.7 Å². The third-order valence-corrected chi connectivity index (χ3v) is 5.67. The smallest absolute Gasteiger partial charge is 0.0160 e. The molecule has 0 radical (unpaired) electrons. The summed E-state index contributed by atoms with van der Waals surface area (Å²) in [7, 11) is 0. The van der Waals surface area contributed by atoms with Crippen molar-refractivity contribution < 1.29 is 0 Å². The van der Waals surface area contributed by atoms with Crippen molar-refractivity contribution in [1.29, 1.82) is 0 Å². The second-order valence-corrected chi connectivity index (χ2v) is 5.63. The van der Waals surface area contributed by atoms with Crippen LogP contribution in [0.4, 0.5) is 0 Å². The van der Waals surface area contributed by atoms with Crippen LogP contribution in [-0.4, -0.2) is 24.0 Å². The van der Waals surface area contributed by atoms with Crippen LogP contribution in [-0.2, 0) is 0 Å². The fourth-order valence-electron chi connectivity index (χ4n) is 5.12. The van der Waals surface area contributed by atoms with Gasteiger partial charge in [0.05, 0.1) is 0 Å². The van der Waals surface area contributed by atoms with Gasteiger partial charge >= 0.3 is 0 Å². The molecule has 4 saturated carbocycles. The molecule has 1 nitrogen and oxygen atoms in total. The molecule has 0 aliphatic heterocycles. The second-order valence-electron chi connectivity index (χ2n) is 5.63. The Kier molecular flexibility index (Phi) is 1.81. The highest BCUT2D eigenvalue weighted by Gasteiger charge is 2.77. The fraction of sp³-hybridized carbons (Fsp3) is 1.00. The van der Waals surface area contributed by atoms with E-state index in [4.69, 9.17) is 0 Å². The van der Waals surface area contributed by atoms with Crippen molar-refractivity contribution in [2.24, 2.45) is 23.2 Å². The molecule has 0 aromatic heterocycles. The minimum absolute atomic E-state index is 0.845. The summed E-state index contributed by atoms with van der Waals surface area (Å²) < 4.78 is 0. The average Bonchev–Trinajstić information content (AvgIpc) is 2.65. The summed E-state index contributed by atoms with van der Waals surface area (Å²) in [5.41, 5.74) is 0.845. The van der Waals surface area contributed by atoms with Crippen molar-refractivity contribution in [2.45, 2.75) is 46.1 Å². The van der Waals surface area contributed by atoms with Gasteiger partial charge in [-0.05, 0) is 55.5 Å². The summed E-state index contributed by atoms with van der Waals surface area (Å²) in [6.07, 6.45) is 4.59. The van der Waals surface area contributed by atoms with Gasteiger partial charge in [0.15, 0.2) is 0 Å². The molecular weight excluding hydrogens is 170 g/mol. The van der Waals surface area contributed by atoms with Crippen LogP contribution in [0.5, 0.6) is 0 Å². The number of hydrogen-bond donors (Lipinski definition) is 0. The summed E-state index contributed by atoms with van der Waals surface area (Å²) >= 11 is 0. The Hall–Kier alpha value is -0.0400. The Balaban J connectivity index is 1.81. The van der Waals surface area contributed by atoms with Crippen molar-refractivity contribution in [2.75, 3.05) is 13.1 Å². The lowest BCUT2D eigenvalue weighted by Gasteiger charge is -2.29. The van der Waals surface area contributed by atoms with Gasteiger partial charge in [-0.2, -0.15) is 0 Å². The van der Waals surface area contributed by atoms with Crippen LogP contribution in [0.15, 0.2) is 0 Å². The van der Waals surface area contributed by atoms with Gasteiger partial charge in [0, 0.05) is 6.04 Å². The molecule has 0 heterocycles. The molecule has 4 aliphatic rings. The Morgan fingerprint density at radius 2 is 1.93 bits per heavy atom. The van der Waals surface area contributed by atoms with Crippen molar-refractivity contribution in [3.8, 4) is 0 Å². The summed E-state index contributed by atoms with van der Waals surface area (Å²) in [4.78, 5) is 2.74. The molecule has 4 fully saturated rings. The van der Waals surface area contributed by atoms with Crippen molar-refractivity contribution >= 4 is 0 Å². The molecule has 1 heteroatoms. The third-order valence-electron chi connectivity index (χ3n) is 5.67. The monoisotopic (exact) mass is 193 g/mol. The molecule has 5 atom stereocenters. The number of nitrogens with zero attached hydrogens (tertiary/aromatic N) is 1. The van der Waals surface area contributed by atoms with Gasteiger partial charge in [-0.1, -0.05) is 20.8 Å². The lowest BCUT2D eigenvalue weighted by molar-refractivity contribution is 0.177. The molecule has 4 bridgehead atoms. The topological polar surface area (TPSA) is 3.24 Å². The zero-order chi connectivity index (χ0) is 9.92. The van der Waals surface area contributed by atoms with E-state index in [0.717, 1.165) is 29.2 Å². The van der Waals surface area contributed by atoms with Gasteiger partial charge in [0.2, 0.25) is 0 Å². The lowest BCUT2D eigenvalue weighted by atomic mass is 10.0. The zero-order valence-corrected chi connectivity index (χ0v) is 9.79. The van der Waals surface area contributed by atoms with E-state index in [1.165, 1.54) is 19.5 Å². The lowest BCUT2D eigenvalue weighted by Crippen LogP contribution is -2.37. The van der Waals surface area contributed by atoms with Crippen LogP contribution in [0, 0.1) is 23.2 Å². The predicted molar refractivity (Wildman–Crippen MR) is 59.1 cm³/mol. The van der Waals surface area contributed by atoms with E-state index >= 15 is 0 Å². The van der Waals surface area contributed by atoms with Gasteiger partial charge in [0.25, 0.3) is 0 Å². The first kappa shape index (κ1) is 9.21.